The minimum absolute atomic E-state index is 0.00362. The Morgan fingerprint density at radius 3 is 2.89 bits per heavy atom. The van der Waals surface area contributed by atoms with E-state index in [0.29, 0.717) is 18.5 Å². The molecule has 0 radical (unpaired) electrons. The summed E-state index contributed by atoms with van der Waals surface area (Å²) in [5, 5.41) is 11.7. The lowest BCUT2D eigenvalue weighted by Crippen LogP contribution is -2.43. The first-order valence-corrected chi connectivity index (χ1v) is 6.48. The summed E-state index contributed by atoms with van der Waals surface area (Å²) in [6, 6.07) is 9.35. The van der Waals surface area contributed by atoms with E-state index in [0.717, 1.165) is 24.8 Å². The highest BCUT2D eigenvalue weighted by molar-refractivity contribution is 5.77. The van der Waals surface area contributed by atoms with Gasteiger partial charge in [-0.3, -0.25) is 4.79 Å². The number of rotatable bonds is 5. The van der Waals surface area contributed by atoms with E-state index in [2.05, 4.69) is 11.4 Å². The van der Waals surface area contributed by atoms with E-state index in [1.54, 1.807) is 19.2 Å². The molecular weight excluding hydrogens is 240 g/mol. The van der Waals surface area contributed by atoms with E-state index in [-0.39, 0.29) is 11.5 Å². The molecule has 1 amide bonds. The smallest absolute Gasteiger partial charge is 0.223 e. The zero-order valence-electron chi connectivity index (χ0n) is 11.1. The fourth-order valence-corrected chi connectivity index (χ4v) is 2.33. The van der Waals surface area contributed by atoms with Crippen LogP contribution in [0, 0.1) is 11.3 Å². The van der Waals surface area contributed by atoms with Crippen LogP contribution in [0.25, 0.3) is 0 Å². The molecule has 0 saturated heterocycles. The molecule has 0 aliphatic heterocycles. The third-order valence-electron chi connectivity index (χ3n) is 3.73. The molecule has 0 unspecified atom stereocenters. The van der Waals surface area contributed by atoms with Gasteiger partial charge in [-0.15, -0.1) is 0 Å². The lowest BCUT2D eigenvalue weighted by atomic mass is 9.77. The second-order valence-corrected chi connectivity index (χ2v) is 5.01. The molecule has 0 spiro atoms. The van der Waals surface area contributed by atoms with Crippen molar-refractivity contribution < 1.29 is 9.53 Å². The number of benzene rings is 1. The SMILES string of the molecule is COC1(CC(=O)NCc2cccc(C#N)c2)CCC1. The van der Waals surface area contributed by atoms with Crippen molar-refractivity contribution in [3.63, 3.8) is 0 Å². The van der Waals surface area contributed by atoms with Gasteiger partial charge in [0.1, 0.15) is 0 Å². The number of nitriles is 1. The summed E-state index contributed by atoms with van der Waals surface area (Å²) in [7, 11) is 1.67. The molecule has 19 heavy (non-hydrogen) atoms. The van der Waals surface area contributed by atoms with Gasteiger partial charge in [0.05, 0.1) is 23.7 Å². The van der Waals surface area contributed by atoms with Crippen molar-refractivity contribution in [2.45, 2.75) is 37.8 Å². The van der Waals surface area contributed by atoms with E-state index < -0.39 is 0 Å². The Morgan fingerprint density at radius 1 is 1.53 bits per heavy atom. The number of nitrogens with one attached hydrogen (secondary N) is 1. The predicted octanol–water partition coefficient (Wildman–Crippen LogP) is 2.13. The normalized spacial score (nSPS) is 16.2. The van der Waals surface area contributed by atoms with Gasteiger partial charge in [-0.25, -0.2) is 0 Å². The minimum atomic E-state index is -0.238. The molecule has 1 saturated carbocycles. The summed E-state index contributed by atoms with van der Waals surface area (Å²) in [5.41, 5.74) is 1.31. The number of hydrogen-bond donors (Lipinski definition) is 1. The van der Waals surface area contributed by atoms with Crippen LogP contribution in [0.5, 0.6) is 0 Å². The third-order valence-corrected chi connectivity index (χ3v) is 3.73. The Balaban J connectivity index is 1.85. The number of carbonyl (C=O) groups excluding carboxylic acids is 1. The van der Waals surface area contributed by atoms with Crippen molar-refractivity contribution >= 4 is 5.91 Å². The van der Waals surface area contributed by atoms with Crippen molar-refractivity contribution in [2.24, 2.45) is 0 Å². The average Bonchev–Trinajstić information content (AvgIpc) is 2.41. The van der Waals surface area contributed by atoms with E-state index in [4.69, 9.17) is 10.00 Å². The van der Waals surface area contributed by atoms with Gasteiger partial charge in [0.25, 0.3) is 0 Å². The molecule has 2 rings (SSSR count). The molecule has 100 valence electrons. The van der Waals surface area contributed by atoms with Crippen LogP contribution in [0.3, 0.4) is 0 Å². The molecule has 1 N–H and O–H groups in total. The molecular formula is C15H18N2O2. The number of amides is 1. The van der Waals surface area contributed by atoms with E-state index in [9.17, 15) is 4.79 Å². The van der Waals surface area contributed by atoms with E-state index >= 15 is 0 Å². The van der Waals surface area contributed by atoms with Gasteiger partial charge in [0.15, 0.2) is 0 Å². The fraction of sp³-hybridized carbons (Fsp3) is 0.467. The fourth-order valence-electron chi connectivity index (χ4n) is 2.33. The van der Waals surface area contributed by atoms with Crippen molar-refractivity contribution in [1.29, 1.82) is 5.26 Å². The molecule has 4 heteroatoms. The van der Waals surface area contributed by atoms with Crippen molar-refractivity contribution in [2.75, 3.05) is 7.11 Å². The van der Waals surface area contributed by atoms with Gasteiger partial charge >= 0.3 is 0 Å². The summed E-state index contributed by atoms with van der Waals surface area (Å²) >= 11 is 0. The van der Waals surface area contributed by atoms with E-state index in [1.165, 1.54) is 0 Å². The second-order valence-electron chi connectivity index (χ2n) is 5.01. The Labute approximate surface area is 113 Å². The number of ether oxygens (including phenoxy) is 1. The van der Waals surface area contributed by atoms with Crippen molar-refractivity contribution in [1.82, 2.24) is 5.32 Å². The molecule has 1 aliphatic carbocycles. The highest BCUT2D eigenvalue weighted by Gasteiger charge is 2.38. The maximum Gasteiger partial charge on any atom is 0.223 e. The lowest BCUT2D eigenvalue weighted by molar-refractivity contribution is -0.134. The van der Waals surface area contributed by atoms with Crippen LogP contribution in [-0.4, -0.2) is 18.6 Å². The van der Waals surface area contributed by atoms with Gasteiger partial charge in [-0.05, 0) is 37.0 Å². The van der Waals surface area contributed by atoms with Crippen LogP contribution in [0.4, 0.5) is 0 Å². The topological polar surface area (TPSA) is 62.1 Å². The zero-order valence-corrected chi connectivity index (χ0v) is 11.1. The number of methoxy groups -OCH3 is 1. The van der Waals surface area contributed by atoms with Crippen LogP contribution >= 0.6 is 0 Å². The Bertz CT molecular complexity index is 496. The maximum atomic E-state index is 11.9. The summed E-state index contributed by atoms with van der Waals surface area (Å²) < 4.78 is 5.43. The summed E-state index contributed by atoms with van der Waals surface area (Å²) in [5.74, 6) is 0.00362. The first-order chi connectivity index (χ1) is 9.17. The Hall–Kier alpha value is -1.86. The highest BCUT2D eigenvalue weighted by Crippen LogP contribution is 2.37. The highest BCUT2D eigenvalue weighted by atomic mass is 16.5. The number of nitrogens with zero attached hydrogens (tertiary/aromatic N) is 1. The van der Waals surface area contributed by atoms with Gasteiger partial charge in [0.2, 0.25) is 5.91 Å². The number of hydrogen-bond acceptors (Lipinski definition) is 3. The van der Waals surface area contributed by atoms with Crippen molar-refractivity contribution in [3.05, 3.63) is 35.4 Å². The van der Waals surface area contributed by atoms with Crippen LogP contribution < -0.4 is 5.32 Å². The quantitative estimate of drug-likeness (QED) is 0.880. The van der Waals surface area contributed by atoms with Crippen molar-refractivity contribution in [3.8, 4) is 6.07 Å². The molecule has 0 aromatic heterocycles. The van der Waals surface area contributed by atoms with Gasteiger partial charge < -0.3 is 10.1 Å². The first-order valence-electron chi connectivity index (χ1n) is 6.48. The molecule has 1 aromatic rings. The van der Waals surface area contributed by atoms with E-state index in [1.807, 2.05) is 12.1 Å². The van der Waals surface area contributed by atoms with Crippen LogP contribution in [0.1, 0.15) is 36.8 Å². The molecule has 0 heterocycles. The molecule has 1 fully saturated rings. The van der Waals surface area contributed by atoms with Crippen LogP contribution in [0.15, 0.2) is 24.3 Å². The number of carbonyl (C=O) groups is 1. The second kappa shape index (κ2) is 5.85. The summed E-state index contributed by atoms with van der Waals surface area (Å²) in [4.78, 5) is 11.9. The van der Waals surface area contributed by atoms with Gasteiger partial charge in [-0.1, -0.05) is 12.1 Å². The first kappa shape index (κ1) is 13.6. The monoisotopic (exact) mass is 258 g/mol. The molecule has 0 bridgehead atoms. The maximum absolute atomic E-state index is 11.9. The predicted molar refractivity (Wildman–Crippen MR) is 71.2 cm³/mol. The van der Waals surface area contributed by atoms with Gasteiger partial charge in [0, 0.05) is 13.7 Å². The lowest BCUT2D eigenvalue weighted by Gasteiger charge is -2.39. The summed E-state index contributed by atoms with van der Waals surface area (Å²) in [6.07, 6.45) is 3.47. The molecule has 0 atom stereocenters. The average molecular weight is 258 g/mol. The largest absolute Gasteiger partial charge is 0.378 e. The minimum Gasteiger partial charge on any atom is -0.378 e. The van der Waals surface area contributed by atoms with Crippen LogP contribution in [0.2, 0.25) is 0 Å². The van der Waals surface area contributed by atoms with Crippen LogP contribution in [-0.2, 0) is 16.1 Å². The third kappa shape index (κ3) is 3.33. The van der Waals surface area contributed by atoms with Gasteiger partial charge in [-0.2, -0.15) is 5.26 Å². The Kier molecular flexibility index (Phi) is 4.18. The zero-order chi connectivity index (χ0) is 13.7. The molecule has 1 aromatic carbocycles. The Morgan fingerprint density at radius 2 is 2.32 bits per heavy atom. The molecule has 4 nitrogen and oxygen atoms in total. The summed E-state index contributed by atoms with van der Waals surface area (Å²) in [6.45, 7) is 0.453. The molecule has 1 aliphatic rings. The standard InChI is InChI=1S/C15H18N2O2/c1-19-15(6-3-7-15)9-14(18)17-11-13-5-2-4-12(8-13)10-16/h2,4-5,8H,3,6-7,9,11H2,1H3,(H,17,18).